The number of alkyl carbamates (subject to hydrolysis) is 1. The summed E-state index contributed by atoms with van der Waals surface area (Å²) in [5.74, 6) is -1.55. The minimum absolute atomic E-state index is 0.0567. The Morgan fingerprint density at radius 1 is 0.875 bits per heavy atom. The highest BCUT2D eigenvalue weighted by Gasteiger charge is 2.43. The van der Waals surface area contributed by atoms with Crippen LogP contribution in [-0.4, -0.2) is 45.9 Å². The number of rotatable bonds is 9. The number of aryl methyl sites for hydroxylation is 3. The van der Waals surface area contributed by atoms with Crippen LogP contribution in [0.25, 0.3) is 0 Å². The zero-order chi connectivity index (χ0) is 30.4. The molecule has 0 saturated carbocycles. The van der Waals surface area contributed by atoms with E-state index in [2.05, 4.69) is 10.6 Å². The zero-order valence-electron chi connectivity index (χ0n) is 25.2. The quantitative estimate of drug-likeness (QED) is 0.399. The van der Waals surface area contributed by atoms with Crippen LogP contribution < -0.4 is 16.4 Å². The van der Waals surface area contributed by atoms with Gasteiger partial charge in [0.05, 0.1) is 0 Å². The van der Waals surface area contributed by atoms with E-state index in [1.54, 1.807) is 26.8 Å². The summed E-state index contributed by atoms with van der Waals surface area (Å²) >= 11 is 0. The molecule has 0 bridgehead atoms. The summed E-state index contributed by atoms with van der Waals surface area (Å²) < 4.78 is 5.40. The highest BCUT2D eigenvalue weighted by Crippen LogP contribution is 2.35. The summed E-state index contributed by atoms with van der Waals surface area (Å²) in [5, 5.41) is 5.64. The summed E-state index contributed by atoms with van der Waals surface area (Å²) in [6, 6.07) is 10.9. The van der Waals surface area contributed by atoms with E-state index in [0.717, 1.165) is 16.7 Å². The van der Waals surface area contributed by atoms with Gasteiger partial charge in [-0.15, -0.1) is 0 Å². The van der Waals surface area contributed by atoms with Crippen LogP contribution in [0.3, 0.4) is 0 Å². The van der Waals surface area contributed by atoms with Crippen molar-refractivity contribution in [2.45, 2.75) is 98.4 Å². The fraction of sp³-hybridized carbons (Fsp3) is 0.484. The number of amides is 4. The number of carbonyl (C=O) groups excluding carboxylic acids is 4. The fourth-order valence-corrected chi connectivity index (χ4v) is 4.56. The van der Waals surface area contributed by atoms with E-state index in [0.29, 0.717) is 11.3 Å². The van der Waals surface area contributed by atoms with Crippen molar-refractivity contribution in [2.75, 3.05) is 5.32 Å². The summed E-state index contributed by atoms with van der Waals surface area (Å²) in [5.41, 5.74) is 7.57. The predicted molar refractivity (Wildman–Crippen MR) is 157 cm³/mol. The van der Waals surface area contributed by atoms with Gasteiger partial charge in [0.2, 0.25) is 11.8 Å². The first-order chi connectivity index (χ1) is 18.4. The van der Waals surface area contributed by atoms with Gasteiger partial charge in [-0.3, -0.25) is 14.4 Å². The van der Waals surface area contributed by atoms with Crippen molar-refractivity contribution in [3.63, 3.8) is 0 Å². The molecule has 0 saturated heterocycles. The number of primary amides is 1. The van der Waals surface area contributed by atoms with Crippen LogP contribution in [0, 0.1) is 20.8 Å². The summed E-state index contributed by atoms with van der Waals surface area (Å²) in [7, 11) is 0. The van der Waals surface area contributed by atoms with Crippen LogP contribution in [0.5, 0.6) is 0 Å². The van der Waals surface area contributed by atoms with Gasteiger partial charge in [-0.2, -0.15) is 0 Å². The SMILES string of the molecule is Cc1ccccc1NC(=O)C(c1c(C)cccc1C)N(C(=O)C(CCC(N)=O)NC(=O)OC(C)(C)C)C(C)(C)C. The first kappa shape index (κ1) is 32.3. The number of hydrogen-bond donors (Lipinski definition) is 3. The van der Waals surface area contributed by atoms with Crippen molar-refractivity contribution in [3.8, 4) is 0 Å². The van der Waals surface area contributed by atoms with Gasteiger partial charge in [-0.25, -0.2) is 4.79 Å². The molecule has 2 aromatic carbocycles. The van der Waals surface area contributed by atoms with E-state index in [4.69, 9.17) is 10.5 Å². The average molecular weight is 553 g/mol. The van der Waals surface area contributed by atoms with Crippen molar-refractivity contribution in [3.05, 3.63) is 64.7 Å². The predicted octanol–water partition coefficient (Wildman–Crippen LogP) is 5.08. The summed E-state index contributed by atoms with van der Waals surface area (Å²) in [4.78, 5) is 54.5. The van der Waals surface area contributed by atoms with Crippen LogP contribution in [0.1, 0.15) is 82.7 Å². The lowest BCUT2D eigenvalue weighted by Crippen LogP contribution is -2.58. The first-order valence-electron chi connectivity index (χ1n) is 13.5. The Morgan fingerprint density at radius 3 is 1.93 bits per heavy atom. The Balaban J connectivity index is 2.68. The maximum absolute atomic E-state index is 14.4. The number of nitrogens with zero attached hydrogens (tertiary/aromatic N) is 1. The number of para-hydroxylation sites is 1. The topological polar surface area (TPSA) is 131 Å². The molecule has 0 fully saturated rings. The molecule has 0 aromatic heterocycles. The van der Waals surface area contributed by atoms with E-state index in [-0.39, 0.29) is 12.8 Å². The summed E-state index contributed by atoms with van der Waals surface area (Å²) in [6.07, 6.45) is -1.01. The molecule has 2 rings (SSSR count). The second kappa shape index (κ2) is 13.0. The molecule has 2 unspecified atom stereocenters. The minimum Gasteiger partial charge on any atom is -0.444 e. The molecule has 0 aliphatic carbocycles. The molecule has 2 atom stereocenters. The number of hydrogen-bond acceptors (Lipinski definition) is 5. The highest BCUT2D eigenvalue weighted by atomic mass is 16.6. The second-order valence-electron chi connectivity index (χ2n) is 12.1. The average Bonchev–Trinajstić information content (AvgIpc) is 2.80. The van der Waals surface area contributed by atoms with Crippen molar-refractivity contribution in [1.29, 1.82) is 0 Å². The number of ether oxygens (including phenoxy) is 1. The molecule has 0 radical (unpaired) electrons. The normalized spacial score (nSPS) is 13.1. The molecular weight excluding hydrogens is 508 g/mol. The van der Waals surface area contributed by atoms with Gasteiger partial charge in [0.1, 0.15) is 17.7 Å². The number of carbonyl (C=O) groups is 4. The molecule has 40 heavy (non-hydrogen) atoms. The molecule has 4 amide bonds. The van der Waals surface area contributed by atoms with E-state index in [1.165, 1.54) is 4.90 Å². The molecule has 9 heteroatoms. The Labute approximate surface area is 237 Å². The lowest BCUT2D eigenvalue weighted by atomic mass is 9.89. The molecule has 0 heterocycles. The maximum atomic E-state index is 14.4. The lowest BCUT2D eigenvalue weighted by molar-refractivity contribution is -0.147. The standard InChI is InChI=1S/C31H44N4O5/c1-19-13-10-11-16-22(19)33-27(37)26(25-20(2)14-12-15-21(25)3)35(30(4,5)6)28(38)23(17-18-24(32)36)34-29(39)40-31(7,8)9/h10-16,23,26H,17-18H2,1-9H3,(H2,32,36)(H,33,37)(H,34,39). The van der Waals surface area contributed by atoms with Crippen molar-refractivity contribution >= 4 is 29.5 Å². The van der Waals surface area contributed by atoms with E-state index in [1.807, 2.05) is 77.9 Å². The van der Waals surface area contributed by atoms with Crippen LogP contribution >= 0.6 is 0 Å². The smallest absolute Gasteiger partial charge is 0.408 e. The van der Waals surface area contributed by atoms with Gasteiger partial charge in [0.25, 0.3) is 5.91 Å². The van der Waals surface area contributed by atoms with Gasteiger partial charge in [-0.1, -0.05) is 36.4 Å². The number of benzene rings is 2. The monoisotopic (exact) mass is 552 g/mol. The van der Waals surface area contributed by atoms with E-state index >= 15 is 0 Å². The third-order valence-corrected chi connectivity index (χ3v) is 6.35. The largest absolute Gasteiger partial charge is 0.444 e. The van der Waals surface area contributed by atoms with Gasteiger partial charge in [-0.05, 0) is 97.1 Å². The fourth-order valence-electron chi connectivity index (χ4n) is 4.56. The Morgan fingerprint density at radius 2 is 1.43 bits per heavy atom. The third kappa shape index (κ3) is 8.83. The summed E-state index contributed by atoms with van der Waals surface area (Å²) in [6.45, 7) is 16.3. The molecule has 0 aliphatic heterocycles. The lowest BCUT2D eigenvalue weighted by Gasteiger charge is -2.43. The number of nitrogens with two attached hydrogens (primary N) is 1. The van der Waals surface area contributed by atoms with Gasteiger partial charge >= 0.3 is 6.09 Å². The highest BCUT2D eigenvalue weighted by molar-refractivity contribution is 6.00. The van der Waals surface area contributed by atoms with Crippen molar-refractivity contribution in [2.24, 2.45) is 5.73 Å². The van der Waals surface area contributed by atoms with Gasteiger partial charge in [0, 0.05) is 17.6 Å². The molecule has 9 nitrogen and oxygen atoms in total. The van der Waals surface area contributed by atoms with Gasteiger partial charge in [0.15, 0.2) is 0 Å². The van der Waals surface area contributed by atoms with Crippen molar-refractivity contribution < 1.29 is 23.9 Å². The molecule has 2 aromatic rings. The van der Waals surface area contributed by atoms with E-state index in [9.17, 15) is 19.2 Å². The van der Waals surface area contributed by atoms with Gasteiger partial charge < -0.3 is 26.0 Å². The van der Waals surface area contributed by atoms with Crippen LogP contribution in [0.2, 0.25) is 0 Å². The Bertz CT molecular complexity index is 1220. The number of nitrogens with one attached hydrogen (secondary N) is 2. The maximum Gasteiger partial charge on any atom is 0.408 e. The molecule has 4 N–H and O–H groups in total. The zero-order valence-corrected chi connectivity index (χ0v) is 25.2. The number of anilines is 1. The third-order valence-electron chi connectivity index (χ3n) is 6.35. The van der Waals surface area contributed by atoms with Crippen LogP contribution in [0.15, 0.2) is 42.5 Å². The Kier molecular flexibility index (Phi) is 10.5. The molecule has 218 valence electrons. The van der Waals surface area contributed by atoms with Crippen LogP contribution in [0.4, 0.5) is 10.5 Å². The second-order valence-corrected chi connectivity index (χ2v) is 12.1. The Hall–Kier alpha value is -3.88. The van der Waals surface area contributed by atoms with Crippen LogP contribution in [-0.2, 0) is 19.1 Å². The molecule has 0 spiro atoms. The molecule has 0 aliphatic rings. The minimum atomic E-state index is -1.17. The van der Waals surface area contributed by atoms with E-state index < -0.39 is 47.0 Å². The molecular formula is C31H44N4O5. The van der Waals surface area contributed by atoms with Crippen molar-refractivity contribution in [1.82, 2.24) is 10.2 Å². The first-order valence-corrected chi connectivity index (χ1v) is 13.5.